The monoisotopic (exact) mass is 303 g/mol. The van der Waals surface area contributed by atoms with E-state index >= 15 is 0 Å². The number of hydrogen-bond acceptors (Lipinski definition) is 1. The van der Waals surface area contributed by atoms with E-state index in [0.717, 1.165) is 11.3 Å². The third kappa shape index (κ3) is 2.26. The standard InChI is InChI=1S/C11H14INO/c1-4-9(12)7(3)8-6-11(14)13-10(8)5-2/h4-5H,6H2,1-3H3,(H,13,14)/b8-7-,9-4+,10-5+. The van der Waals surface area contributed by atoms with Gasteiger partial charge in [0.25, 0.3) is 0 Å². The number of amides is 1. The zero-order valence-electron chi connectivity index (χ0n) is 8.65. The van der Waals surface area contributed by atoms with E-state index in [2.05, 4.69) is 40.9 Å². The van der Waals surface area contributed by atoms with E-state index in [9.17, 15) is 4.79 Å². The molecule has 0 aliphatic carbocycles. The first-order valence-electron chi connectivity index (χ1n) is 4.58. The van der Waals surface area contributed by atoms with Crippen LogP contribution in [-0.4, -0.2) is 5.91 Å². The molecule has 0 aromatic heterocycles. The lowest BCUT2D eigenvalue weighted by atomic mass is 10.1. The predicted octanol–water partition coefficient (Wildman–Crippen LogP) is 3.07. The van der Waals surface area contributed by atoms with Gasteiger partial charge >= 0.3 is 0 Å². The lowest BCUT2D eigenvalue weighted by molar-refractivity contribution is -0.118. The van der Waals surface area contributed by atoms with Gasteiger partial charge in [-0.2, -0.15) is 0 Å². The number of allylic oxidation sites excluding steroid dienone is 5. The van der Waals surface area contributed by atoms with Crippen LogP contribution in [0.1, 0.15) is 27.2 Å². The number of carbonyl (C=O) groups is 1. The summed E-state index contributed by atoms with van der Waals surface area (Å²) in [5.41, 5.74) is 3.28. The molecule has 0 radical (unpaired) electrons. The third-order valence-electron chi connectivity index (χ3n) is 2.29. The molecule has 1 rings (SSSR count). The second kappa shape index (κ2) is 4.77. The van der Waals surface area contributed by atoms with Gasteiger partial charge in [-0.3, -0.25) is 4.79 Å². The van der Waals surface area contributed by atoms with Crippen molar-refractivity contribution in [2.45, 2.75) is 27.2 Å². The first kappa shape index (κ1) is 11.5. The topological polar surface area (TPSA) is 29.1 Å². The Labute approximate surface area is 98.3 Å². The second-order valence-corrected chi connectivity index (χ2v) is 4.33. The lowest BCUT2D eigenvalue weighted by Gasteiger charge is -2.05. The molecule has 2 nitrogen and oxygen atoms in total. The van der Waals surface area contributed by atoms with E-state index < -0.39 is 0 Å². The smallest absolute Gasteiger partial charge is 0.228 e. The minimum atomic E-state index is 0.0905. The van der Waals surface area contributed by atoms with Gasteiger partial charge in [-0.1, -0.05) is 12.2 Å². The van der Waals surface area contributed by atoms with E-state index in [1.807, 2.05) is 19.9 Å². The van der Waals surface area contributed by atoms with Crippen LogP contribution in [0.5, 0.6) is 0 Å². The van der Waals surface area contributed by atoms with E-state index in [-0.39, 0.29) is 5.91 Å². The summed E-state index contributed by atoms with van der Waals surface area (Å²) in [7, 11) is 0. The Bertz CT molecular complexity index is 350. The molecule has 1 aliphatic heterocycles. The highest BCUT2D eigenvalue weighted by Gasteiger charge is 2.22. The molecular formula is C11H14INO. The summed E-state index contributed by atoms with van der Waals surface area (Å²) in [6.45, 7) is 6.00. The third-order valence-corrected chi connectivity index (χ3v) is 3.72. The van der Waals surface area contributed by atoms with Crippen molar-refractivity contribution in [2.75, 3.05) is 0 Å². The second-order valence-electron chi connectivity index (χ2n) is 3.17. The Morgan fingerprint density at radius 3 is 2.64 bits per heavy atom. The van der Waals surface area contributed by atoms with Crippen molar-refractivity contribution in [3.8, 4) is 0 Å². The summed E-state index contributed by atoms with van der Waals surface area (Å²) >= 11 is 2.29. The van der Waals surface area contributed by atoms with Crippen molar-refractivity contribution < 1.29 is 4.79 Å². The summed E-state index contributed by atoms with van der Waals surface area (Å²) in [5.74, 6) is 0.0905. The van der Waals surface area contributed by atoms with Crippen LogP contribution in [0.4, 0.5) is 0 Å². The molecule has 0 spiro atoms. The fourth-order valence-electron chi connectivity index (χ4n) is 1.47. The van der Waals surface area contributed by atoms with Gasteiger partial charge in [0.1, 0.15) is 0 Å². The molecular weight excluding hydrogens is 289 g/mol. The maximum Gasteiger partial charge on any atom is 0.228 e. The van der Waals surface area contributed by atoms with Crippen LogP contribution in [-0.2, 0) is 4.79 Å². The largest absolute Gasteiger partial charge is 0.326 e. The summed E-state index contributed by atoms with van der Waals surface area (Å²) in [6.07, 6.45) is 4.51. The molecule has 1 fully saturated rings. The molecule has 1 aliphatic rings. The molecule has 1 N–H and O–H groups in total. The highest BCUT2D eigenvalue weighted by atomic mass is 127. The SMILES string of the molecule is C\C=C(I)/C(C)=C1/CC(=O)N/C1=C/C. The number of nitrogens with one attached hydrogen (secondary N) is 1. The van der Waals surface area contributed by atoms with Crippen LogP contribution in [0, 0.1) is 0 Å². The quantitative estimate of drug-likeness (QED) is 0.741. The van der Waals surface area contributed by atoms with Crippen LogP contribution in [0.3, 0.4) is 0 Å². The van der Waals surface area contributed by atoms with Crippen molar-refractivity contribution in [1.82, 2.24) is 5.32 Å². The van der Waals surface area contributed by atoms with Gasteiger partial charge in [0.2, 0.25) is 5.91 Å². The van der Waals surface area contributed by atoms with Gasteiger partial charge in [-0.25, -0.2) is 0 Å². The molecule has 0 unspecified atom stereocenters. The van der Waals surface area contributed by atoms with Crippen molar-refractivity contribution >= 4 is 28.5 Å². The normalized spacial score (nSPS) is 24.1. The summed E-state index contributed by atoms with van der Waals surface area (Å²) in [6, 6.07) is 0. The van der Waals surface area contributed by atoms with E-state index in [1.54, 1.807) is 0 Å². The number of halogens is 1. The molecule has 14 heavy (non-hydrogen) atoms. The molecule has 76 valence electrons. The Hall–Kier alpha value is -0.580. The van der Waals surface area contributed by atoms with E-state index in [0.29, 0.717) is 6.42 Å². The van der Waals surface area contributed by atoms with Gasteiger partial charge in [0, 0.05) is 9.28 Å². The molecule has 0 atom stereocenters. The van der Waals surface area contributed by atoms with Crippen LogP contribution in [0.2, 0.25) is 0 Å². The number of hydrogen-bond donors (Lipinski definition) is 1. The average molecular weight is 303 g/mol. The van der Waals surface area contributed by atoms with Crippen LogP contribution >= 0.6 is 22.6 Å². The Kier molecular flexibility index (Phi) is 3.92. The average Bonchev–Trinajstić information content (AvgIpc) is 2.57. The van der Waals surface area contributed by atoms with Gasteiger partial charge in [-0.05, 0) is 54.5 Å². The number of rotatable bonds is 1. The minimum absolute atomic E-state index is 0.0905. The minimum Gasteiger partial charge on any atom is -0.326 e. The molecule has 0 bridgehead atoms. The molecule has 0 aromatic carbocycles. The lowest BCUT2D eigenvalue weighted by Crippen LogP contribution is -2.11. The molecule has 1 saturated heterocycles. The summed E-state index contributed by atoms with van der Waals surface area (Å²) in [4.78, 5) is 11.2. The fraction of sp³-hybridized carbons (Fsp3) is 0.364. The fourth-order valence-corrected chi connectivity index (χ4v) is 1.79. The van der Waals surface area contributed by atoms with Crippen LogP contribution in [0.15, 0.2) is 32.6 Å². The number of carbonyl (C=O) groups excluding carboxylic acids is 1. The van der Waals surface area contributed by atoms with E-state index in [1.165, 1.54) is 9.15 Å². The summed E-state index contributed by atoms with van der Waals surface area (Å²) in [5, 5.41) is 2.85. The molecule has 0 aromatic rings. The van der Waals surface area contributed by atoms with Crippen LogP contribution < -0.4 is 5.32 Å². The zero-order valence-corrected chi connectivity index (χ0v) is 10.8. The predicted molar refractivity (Wildman–Crippen MR) is 67.0 cm³/mol. The first-order chi connectivity index (χ1) is 6.60. The highest BCUT2D eigenvalue weighted by molar-refractivity contribution is 14.1. The Balaban J connectivity index is 3.14. The zero-order chi connectivity index (χ0) is 10.7. The molecule has 3 heteroatoms. The molecule has 1 heterocycles. The van der Waals surface area contributed by atoms with Crippen LogP contribution in [0.25, 0.3) is 0 Å². The van der Waals surface area contributed by atoms with Crippen molar-refractivity contribution in [1.29, 1.82) is 0 Å². The van der Waals surface area contributed by atoms with Gasteiger partial charge < -0.3 is 5.32 Å². The van der Waals surface area contributed by atoms with Crippen molar-refractivity contribution in [3.63, 3.8) is 0 Å². The van der Waals surface area contributed by atoms with Gasteiger partial charge in [0.15, 0.2) is 0 Å². The van der Waals surface area contributed by atoms with Gasteiger partial charge in [-0.15, -0.1) is 0 Å². The van der Waals surface area contributed by atoms with Gasteiger partial charge in [0.05, 0.1) is 6.42 Å². The molecule has 1 amide bonds. The van der Waals surface area contributed by atoms with Crippen molar-refractivity contribution in [2.24, 2.45) is 0 Å². The van der Waals surface area contributed by atoms with Crippen molar-refractivity contribution in [3.05, 3.63) is 32.6 Å². The molecule has 0 saturated carbocycles. The van der Waals surface area contributed by atoms with E-state index in [4.69, 9.17) is 0 Å². The maximum atomic E-state index is 11.2. The highest BCUT2D eigenvalue weighted by Crippen LogP contribution is 2.29. The first-order valence-corrected chi connectivity index (χ1v) is 5.66. The maximum absolute atomic E-state index is 11.2. The summed E-state index contributed by atoms with van der Waals surface area (Å²) < 4.78 is 1.20. The Morgan fingerprint density at radius 1 is 1.50 bits per heavy atom. The Morgan fingerprint density at radius 2 is 2.14 bits per heavy atom.